The first-order chi connectivity index (χ1) is 3.81. The van der Waals surface area contributed by atoms with E-state index in [0.29, 0.717) is 0 Å². The van der Waals surface area contributed by atoms with Gasteiger partial charge in [-0.05, 0) is 12.8 Å². The minimum absolute atomic E-state index is 0.0201. The van der Waals surface area contributed by atoms with Gasteiger partial charge in [-0.15, -0.1) is 10.7 Å². The molecular weight excluding hydrogens is 118 g/mol. The quantitative estimate of drug-likeness (QED) is 0.608. The van der Waals surface area contributed by atoms with Gasteiger partial charge in [0.15, 0.2) is 0 Å². The molecule has 0 atom stereocenters. The summed E-state index contributed by atoms with van der Waals surface area (Å²) in [6.07, 6.45) is 2.35. The molecular formula is C6H15NS. The molecule has 0 heterocycles. The molecule has 50 valence electrons. The van der Waals surface area contributed by atoms with E-state index in [1.807, 2.05) is 0 Å². The Labute approximate surface area is 54.4 Å². The van der Waals surface area contributed by atoms with Gasteiger partial charge >= 0.3 is 0 Å². The average molecular weight is 133 g/mol. The molecule has 0 aromatic carbocycles. The first-order valence-electron chi connectivity index (χ1n) is 3.20. The van der Waals surface area contributed by atoms with Crippen molar-refractivity contribution >= 4 is 10.7 Å². The fraction of sp³-hybridized carbons (Fsp3) is 1.00. The molecule has 0 aromatic heterocycles. The van der Waals surface area contributed by atoms with Crippen LogP contribution in [0.5, 0.6) is 0 Å². The molecule has 0 unspecified atom stereocenters. The Morgan fingerprint density at radius 2 is 1.50 bits per heavy atom. The minimum atomic E-state index is -0.0201. The summed E-state index contributed by atoms with van der Waals surface area (Å²) >= 11 is 0. The van der Waals surface area contributed by atoms with Crippen molar-refractivity contribution in [2.24, 2.45) is 0 Å². The van der Waals surface area contributed by atoms with E-state index in [-0.39, 0.29) is 10.7 Å². The lowest BCUT2D eigenvalue weighted by Gasteiger charge is -1.97. The molecule has 1 nitrogen and oxygen atoms in total. The molecule has 8 heavy (non-hydrogen) atoms. The lowest BCUT2D eigenvalue weighted by atomic mass is 10.6. The molecule has 0 saturated carbocycles. The Hall–Kier alpha value is 0.150. The molecule has 2 heteroatoms. The van der Waals surface area contributed by atoms with Crippen LogP contribution in [0.2, 0.25) is 0 Å². The van der Waals surface area contributed by atoms with E-state index in [4.69, 9.17) is 4.78 Å². The predicted octanol–water partition coefficient (Wildman–Crippen LogP) is 2.19. The third kappa shape index (κ3) is 4.31. The van der Waals surface area contributed by atoms with Crippen molar-refractivity contribution in [2.45, 2.75) is 26.7 Å². The summed E-state index contributed by atoms with van der Waals surface area (Å²) in [6.45, 7) is 4.29. The lowest BCUT2D eigenvalue weighted by molar-refractivity contribution is 1.06. The molecule has 0 spiro atoms. The molecule has 0 aliphatic carbocycles. The summed E-state index contributed by atoms with van der Waals surface area (Å²) in [5.41, 5.74) is 0. The van der Waals surface area contributed by atoms with E-state index in [1.54, 1.807) is 0 Å². The van der Waals surface area contributed by atoms with Crippen molar-refractivity contribution < 1.29 is 0 Å². The fourth-order valence-corrected chi connectivity index (χ4v) is 1.78. The summed E-state index contributed by atoms with van der Waals surface area (Å²) in [6, 6.07) is 0. The fourth-order valence-electron chi connectivity index (χ4n) is 0.595. The zero-order chi connectivity index (χ0) is 6.41. The van der Waals surface area contributed by atoms with Gasteiger partial charge in [0.1, 0.15) is 0 Å². The van der Waals surface area contributed by atoms with Gasteiger partial charge in [0, 0.05) is 11.5 Å². The largest absolute Gasteiger partial charge is 0.280 e. The van der Waals surface area contributed by atoms with Gasteiger partial charge in [-0.25, -0.2) is 0 Å². The number of rotatable bonds is 4. The van der Waals surface area contributed by atoms with Gasteiger partial charge in [-0.1, -0.05) is 13.8 Å². The monoisotopic (exact) mass is 133 g/mol. The maximum absolute atomic E-state index is 7.40. The van der Waals surface area contributed by atoms with Crippen LogP contribution in [-0.2, 0) is 10.7 Å². The maximum Gasteiger partial charge on any atom is 0.00359 e. The molecule has 0 saturated heterocycles. The van der Waals surface area contributed by atoms with Crippen LogP contribution < -0.4 is 0 Å². The van der Waals surface area contributed by atoms with E-state index in [0.717, 1.165) is 11.5 Å². The minimum Gasteiger partial charge on any atom is -0.280 e. The summed E-state index contributed by atoms with van der Waals surface area (Å²) in [5, 5.41) is 0. The smallest absolute Gasteiger partial charge is 0.00359 e. The topological polar surface area (TPSA) is 23.9 Å². The van der Waals surface area contributed by atoms with Crippen LogP contribution in [0, 0.1) is 4.78 Å². The average Bonchev–Trinajstić information content (AvgIpc) is 1.68. The number of nitrogens with one attached hydrogen (secondary N) is 1. The molecule has 0 aliphatic heterocycles. The van der Waals surface area contributed by atoms with Crippen LogP contribution in [0.4, 0.5) is 0 Å². The zero-order valence-electron chi connectivity index (χ0n) is 5.74. The molecule has 0 radical (unpaired) electrons. The third-order valence-electron chi connectivity index (χ3n) is 0.901. The third-order valence-corrected chi connectivity index (χ3v) is 2.70. The standard InChI is InChI=1S/C6H15NS/c1-3-5-8(7)6-4-2/h7H,3-6H2,1-2H3. The molecule has 0 aromatic rings. The van der Waals surface area contributed by atoms with Crippen molar-refractivity contribution in [3.63, 3.8) is 0 Å². The van der Waals surface area contributed by atoms with Gasteiger partial charge in [0.25, 0.3) is 0 Å². The predicted molar refractivity (Wildman–Crippen MR) is 40.4 cm³/mol. The SMILES string of the molecule is CCCS(=N)CCC. The van der Waals surface area contributed by atoms with Gasteiger partial charge in [-0.3, -0.25) is 4.78 Å². The Morgan fingerprint density at radius 1 is 1.12 bits per heavy atom. The highest BCUT2D eigenvalue weighted by Crippen LogP contribution is 1.89. The molecule has 0 amide bonds. The van der Waals surface area contributed by atoms with Crippen molar-refractivity contribution in [1.82, 2.24) is 0 Å². The Kier molecular flexibility index (Phi) is 5.39. The zero-order valence-corrected chi connectivity index (χ0v) is 6.55. The Balaban J connectivity index is 3.06. The molecule has 0 aliphatic rings. The molecule has 0 bridgehead atoms. The number of hydrogen-bond acceptors (Lipinski definition) is 1. The van der Waals surface area contributed by atoms with Gasteiger partial charge in [0.2, 0.25) is 0 Å². The summed E-state index contributed by atoms with van der Waals surface area (Å²) in [4.78, 5) is 0. The summed E-state index contributed by atoms with van der Waals surface area (Å²) in [5.74, 6) is 2.21. The second-order valence-corrected chi connectivity index (χ2v) is 3.70. The highest BCUT2D eigenvalue weighted by atomic mass is 32.2. The van der Waals surface area contributed by atoms with Crippen LogP contribution in [0.25, 0.3) is 0 Å². The maximum atomic E-state index is 7.40. The van der Waals surface area contributed by atoms with E-state index in [2.05, 4.69) is 13.8 Å². The highest BCUT2D eigenvalue weighted by molar-refractivity contribution is 7.85. The van der Waals surface area contributed by atoms with E-state index < -0.39 is 0 Å². The number of hydrogen-bond donors (Lipinski definition) is 1. The van der Waals surface area contributed by atoms with E-state index >= 15 is 0 Å². The van der Waals surface area contributed by atoms with Crippen molar-refractivity contribution in [1.29, 1.82) is 4.78 Å². The first-order valence-corrected chi connectivity index (χ1v) is 4.76. The van der Waals surface area contributed by atoms with E-state index in [1.165, 1.54) is 12.8 Å². The van der Waals surface area contributed by atoms with Crippen LogP contribution in [-0.4, -0.2) is 11.5 Å². The second kappa shape index (κ2) is 5.29. The van der Waals surface area contributed by atoms with Crippen LogP contribution in [0.15, 0.2) is 0 Å². The molecule has 0 rings (SSSR count). The Bertz CT molecular complexity index is 62.9. The van der Waals surface area contributed by atoms with Crippen molar-refractivity contribution in [3.8, 4) is 0 Å². The molecule has 1 N–H and O–H groups in total. The first kappa shape index (κ1) is 8.15. The van der Waals surface area contributed by atoms with Gasteiger partial charge in [0.05, 0.1) is 0 Å². The van der Waals surface area contributed by atoms with Gasteiger partial charge in [-0.2, -0.15) is 0 Å². The Morgan fingerprint density at radius 3 is 1.75 bits per heavy atom. The lowest BCUT2D eigenvalue weighted by Crippen LogP contribution is -1.97. The van der Waals surface area contributed by atoms with Crippen molar-refractivity contribution in [2.75, 3.05) is 11.5 Å². The van der Waals surface area contributed by atoms with Crippen LogP contribution >= 0.6 is 0 Å². The second-order valence-electron chi connectivity index (χ2n) is 1.90. The summed E-state index contributed by atoms with van der Waals surface area (Å²) in [7, 11) is -0.0201. The van der Waals surface area contributed by atoms with Crippen LogP contribution in [0.3, 0.4) is 0 Å². The highest BCUT2D eigenvalue weighted by Gasteiger charge is 1.87. The van der Waals surface area contributed by atoms with E-state index in [9.17, 15) is 0 Å². The van der Waals surface area contributed by atoms with Crippen LogP contribution in [0.1, 0.15) is 26.7 Å². The summed E-state index contributed by atoms with van der Waals surface area (Å²) < 4.78 is 7.40. The molecule has 0 fully saturated rings. The van der Waals surface area contributed by atoms with Gasteiger partial charge < -0.3 is 0 Å². The normalized spacial score (nSPS) is 10.4. The van der Waals surface area contributed by atoms with Crippen molar-refractivity contribution in [3.05, 3.63) is 0 Å².